The zero-order valence-electron chi connectivity index (χ0n) is 8.95. The first-order chi connectivity index (χ1) is 7.25. The number of carbonyl (C=O) groups excluding carboxylic acids is 1. The van der Waals surface area contributed by atoms with Crippen molar-refractivity contribution in [3.8, 4) is 0 Å². The van der Waals surface area contributed by atoms with Crippen molar-refractivity contribution < 1.29 is 9.32 Å². The van der Waals surface area contributed by atoms with E-state index in [1.807, 2.05) is 6.92 Å². The Morgan fingerprint density at radius 1 is 1.73 bits per heavy atom. The minimum Gasteiger partial charge on any atom is -0.353 e. The normalized spacial score (nSPS) is 20.7. The zero-order chi connectivity index (χ0) is 10.7. The van der Waals surface area contributed by atoms with Crippen molar-refractivity contribution in [1.82, 2.24) is 10.5 Å². The summed E-state index contributed by atoms with van der Waals surface area (Å²) in [6.45, 7) is 2.90. The van der Waals surface area contributed by atoms with Gasteiger partial charge in [0.25, 0.3) is 0 Å². The lowest BCUT2D eigenvalue weighted by Gasteiger charge is -2.07. The van der Waals surface area contributed by atoms with E-state index in [0.29, 0.717) is 18.2 Å². The molecule has 4 nitrogen and oxygen atoms in total. The number of rotatable bonds is 4. The molecule has 1 aliphatic rings. The molecule has 0 aromatic carbocycles. The van der Waals surface area contributed by atoms with E-state index in [1.165, 1.54) is 12.8 Å². The van der Waals surface area contributed by atoms with Gasteiger partial charge in [-0.1, -0.05) is 5.16 Å². The average Bonchev–Trinajstić information content (AvgIpc) is 2.84. The van der Waals surface area contributed by atoms with Crippen molar-refractivity contribution in [3.63, 3.8) is 0 Å². The van der Waals surface area contributed by atoms with Gasteiger partial charge in [0.15, 0.2) is 0 Å². The molecule has 1 atom stereocenters. The van der Waals surface area contributed by atoms with Crippen molar-refractivity contribution in [2.45, 2.75) is 38.6 Å². The number of hydrogen-bond donors (Lipinski definition) is 1. The number of nitrogens with zero attached hydrogens (tertiary/aromatic N) is 1. The molecule has 1 saturated heterocycles. The quantitative estimate of drug-likeness (QED) is 0.765. The first kappa shape index (κ1) is 10.4. The van der Waals surface area contributed by atoms with E-state index in [9.17, 15) is 4.79 Å². The fraction of sp³-hybridized carbons (Fsp3) is 0.636. The Labute approximate surface area is 89.0 Å². The summed E-state index contributed by atoms with van der Waals surface area (Å²) in [5.41, 5.74) is 0.761. The largest absolute Gasteiger partial charge is 0.353 e. The molecule has 82 valence electrons. The predicted octanol–water partition coefficient (Wildman–Crippen LogP) is 1.70. The summed E-state index contributed by atoms with van der Waals surface area (Å²) in [5.74, 6) is 0.454. The summed E-state index contributed by atoms with van der Waals surface area (Å²) in [7, 11) is 0. The van der Waals surface area contributed by atoms with Gasteiger partial charge in [-0.3, -0.25) is 4.79 Å². The van der Waals surface area contributed by atoms with Gasteiger partial charge in [-0.25, -0.2) is 0 Å². The van der Waals surface area contributed by atoms with Gasteiger partial charge in [0.1, 0.15) is 0 Å². The minimum atomic E-state index is 0.0595. The number of carbonyl (C=O) groups is 1. The van der Waals surface area contributed by atoms with Crippen LogP contribution in [0.1, 0.15) is 41.9 Å². The number of Topliss-reactive ketones (excluding diaryl/α,β-unsaturated/α-hetero) is 1. The number of nitrogens with one attached hydrogen (secondary N) is 1. The summed E-state index contributed by atoms with van der Waals surface area (Å²) in [6, 6.07) is 2.21. The molecule has 1 fully saturated rings. The molecule has 2 heterocycles. The van der Waals surface area contributed by atoms with E-state index >= 15 is 0 Å². The molecule has 0 spiro atoms. The van der Waals surface area contributed by atoms with Crippen LogP contribution in [0.4, 0.5) is 0 Å². The van der Waals surface area contributed by atoms with Crippen LogP contribution in [0.2, 0.25) is 0 Å². The fourth-order valence-corrected chi connectivity index (χ4v) is 1.93. The smallest absolute Gasteiger partial charge is 0.202 e. The number of hydrogen-bond acceptors (Lipinski definition) is 4. The lowest BCUT2D eigenvalue weighted by Crippen LogP contribution is -2.22. The molecule has 0 saturated carbocycles. The number of aryl methyl sites for hydroxylation is 1. The van der Waals surface area contributed by atoms with Crippen molar-refractivity contribution in [3.05, 3.63) is 17.5 Å². The molecule has 0 radical (unpaired) electrons. The van der Waals surface area contributed by atoms with Gasteiger partial charge in [0.05, 0.1) is 5.69 Å². The maximum absolute atomic E-state index is 11.7. The maximum atomic E-state index is 11.7. The molecule has 0 aliphatic carbocycles. The molecular formula is C11H16N2O2. The first-order valence-electron chi connectivity index (χ1n) is 5.45. The van der Waals surface area contributed by atoms with Gasteiger partial charge in [-0.2, -0.15) is 0 Å². The number of aromatic nitrogens is 1. The van der Waals surface area contributed by atoms with Crippen LogP contribution >= 0.6 is 0 Å². The Hall–Kier alpha value is -1.16. The van der Waals surface area contributed by atoms with Crippen molar-refractivity contribution in [2.24, 2.45) is 0 Å². The van der Waals surface area contributed by atoms with E-state index < -0.39 is 0 Å². The van der Waals surface area contributed by atoms with Crippen LogP contribution < -0.4 is 5.32 Å². The Morgan fingerprint density at radius 3 is 3.20 bits per heavy atom. The summed E-state index contributed by atoms with van der Waals surface area (Å²) >= 11 is 0. The van der Waals surface area contributed by atoms with Gasteiger partial charge < -0.3 is 9.84 Å². The molecule has 4 heteroatoms. The van der Waals surface area contributed by atoms with Crippen LogP contribution in [0.3, 0.4) is 0 Å². The van der Waals surface area contributed by atoms with E-state index in [1.54, 1.807) is 6.07 Å². The number of ketones is 1. The zero-order valence-corrected chi connectivity index (χ0v) is 8.95. The van der Waals surface area contributed by atoms with Gasteiger partial charge in [0.2, 0.25) is 11.5 Å². The molecule has 15 heavy (non-hydrogen) atoms. The molecule has 0 amide bonds. The Balaban J connectivity index is 1.81. The van der Waals surface area contributed by atoms with Crippen molar-refractivity contribution in [1.29, 1.82) is 0 Å². The molecule has 1 aromatic heterocycles. The second-order valence-electron chi connectivity index (χ2n) is 4.09. The molecule has 1 aliphatic heterocycles. The van der Waals surface area contributed by atoms with Crippen molar-refractivity contribution >= 4 is 5.78 Å². The Kier molecular flexibility index (Phi) is 3.16. The second-order valence-corrected chi connectivity index (χ2v) is 4.09. The third kappa shape index (κ3) is 2.65. The highest BCUT2D eigenvalue weighted by atomic mass is 16.5. The van der Waals surface area contributed by atoms with Crippen LogP contribution in [-0.4, -0.2) is 23.5 Å². The van der Waals surface area contributed by atoms with Crippen LogP contribution in [0.25, 0.3) is 0 Å². The van der Waals surface area contributed by atoms with E-state index in [-0.39, 0.29) is 5.78 Å². The SMILES string of the molecule is Cc1cc(C(=O)CCC2CCCN2)on1. The first-order valence-corrected chi connectivity index (χ1v) is 5.45. The predicted molar refractivity (Wildman–Crippen MR) is 55.8 cm³/mol. The van der Waals surface area contributed by atoms with Crippen LogP contribution in [0.5, 0.6) is 0 Å². The summed E-state index contributed by atoms with van der Waals surface area (Å²) in [4.78, 5) is 11.7. The average molecular weight is 208 g/mol. The second kappa shape index (κ2) is 4.57. The minimum absolute atomic E-state index is 0.0595. The molecule has 2 rings (SSSR count). The van der Waals surface area contributed by atoms with Gasteiger partial charge in [-0.15, -0.1) is 0 Å². The summed E-state index contributed by atoms with van der Waals surface area (Å²) in [5, 5.41) is 7.08. The molecule has 1 aromatic rings. The Morgan fingerprint density at radius 2 is 2.60 bits per heavy atom. The molecule has 0 bridgehead atoms. The third-order valence-corrected chi connectivity index (χ3v) is 2.79. The van der Waals surface area contributed by atoms with Crippen LogP contribution in [-0.2, 0) is 0 Å². The summed E-state index contributed by atoms with van der Waals surface area (Å²) in [6.07, 6.45) is 3.86. The molecule has 1 unspecified atom stereocenters. The van der Waals surface area contributed by atoms with Gasteiger partial charge in [0, 0.05) is 18.5 Å². The highest BCUT2D eigenvalue weighted by Gasteiger charge is 2.17. The molecule has 1 N–H and O–H groups in total. The third-order valence-electron chi connectivity index (χ3n) is 2.79. The van der Waals surface area contributed by atoms with Crippen LogP contribution in [0.15, 0.2) is 10.6 Å². The van der Waals surface area contributed by atoms with Gasteiger partial charge in [-0.05, 0) is 32.7 Å². The molecular weight excluding hydrogens is 192 g/mol. The van der Waals surface area contributed by atoms with Crippen LogP contribution in [0, 0.1) is 6.92 Å². The topological polar surface area (TPSA) is 55.1 Å². The van der Waals surface area contributed by atoms with Gasteiger partial charge >= 0.3 is 0 Å². The lowest BCUT2D eigenvalue weighted by molar-refractivity contribution is 0.0940. The van der Waals surface area contributed by atoms with E-state index in [2.05, 4.69) is 10.5 Å². The highest BCUT2D eigenvalue weighted by molar-refractivity contribution is 5.93. The summed E-state index contributed by atoms with van der Waals surface area (Å²) < 4.78 is 4.92. The Bertz CT molecular complexity index is 340. The van der Waals surface area contributed by atoms with E-state index in [4.69, 9.17) is 4.52 Å². The highest BCUT2D eigenvalue weighted by Crippen LogP contribution is 2.13. The lowest BCUT2D eigenvalue weighted by atomic mass is 10.1. The van der Waals surface area contributed by atoms with Crippen molar-refractivity contribution in [2.75, 3.05) is 6.54 Å². The monoisotopic (exact) mass is 208 g/mol. The van der Waals surface area contributed by atoms with E-state index in [0.717, 1.165) is 18.7 Å². The maximum Gasteiger partial charge on any atom is 0.202 e. The fourth-order valence-electron chi connectivity index (χ4n) is 1.93. The standard InChI is InChI=1S/C11H16N2O2/c1-8-7-11(15-13-8)10(14)5-4-9-3-2-6-12-9/h7,9,12H,2-6H2,1H3.